The Morgan fingerprint density at radius 1 is 1.31 bits per heavy atom. The van der Waals surface area contributed by atoms with Crippen molar-refractivity contribution in [2.75, 3.05) is 12.8 Å². The van der Waals surface area contributed by atoms with Crippen molar-refractivity contribution < 1.29 is 30.0 Å². The topological polar surface area (TPSA) is 119 Å². The number of carbonyl (C=O) groups excluding carboxylic acids is 1. The average molecular weight is 253 g/mol. The molecular formula is C8H16NO6P. The van der Waals surface area contributed by atoms with E-state index in [1.165, 1.54) is 0 Å². The van der Waals surface area contributed by atoms with Crippen LogP contribution < -0.4 is 5.32 Å². The number of rotatable bonds is 3. The van der Waals surface area contributed by atoms with Crippen molar-refractivity contribution in [2.24, 2.45) is 0 Å². The summed E-state index contributed by atoms with van der Waals surface area (Å²) >= 11 is 0. The summed E-state index contributed by atoms with van der Waals surface area (Å²) in [4.78, 5) is 11.1. The van der Waals surface area contributed by atoms with Crippen LogP contribution >= 0.6 is 9.24 Å². The van der Waals surface area contributed by atoms with Gasteiger partial charge in [0, 0.05) is 6.16 Å². The lowest BCUT2D eigenvalue weighted by molar-refractivity contribution is -0.253. The highest BCUT2D eigenvalue weighted by Crippen LogP contribution is 2.19. The van der Waals surface area contributed by atoms with Crippen LogP contribution in [0.15, 0.2) is 0 Å². The molecule has 1 aliphatic heterocycles. The second kappa shape index (κ2) is 5.86. The third kappa shape index (κ3) is 2.88. The minimum atomic E-state index is -1.46. The van der Waals surface area contributed by atoms with Gasteiger partial charge >= 0.3 is 0 Å². The maximum atomic E-state index is 11.1. The molecule has 6 atom stereocenters. The molecule has 0 spiro atoms. The van der Waals surface area contributed by atoms with Crippen LogP contribution in [0.3, 0.4) is 0 Å². The Balaban J connectivity index is 2.67. The standard InChI is InChI=1S/C8H16NO6P/c10-1-3-6(12)7(13)5(8(14)15-3)9-4(11)2-16/h3,5-8,10,12-14H,1-2,16H2,(H,9,11)/t3?,5?,6-,7?,8?/m1/s1. The Morgan fingerprint density at radius 2 is 1.94 bits per heavy atom. The zero-order chi connectivity index (χ0) is 12.3. The van der Waals surface area contributed by atoms with Gasteiger partial charge in [-0.15, -0.1) is 9.24 Å². The molecule has 5 N–H and O–H groups in total. The lowest BCUT2D eigenvalue weighted by Gasteiger charge is -2.40. The normalized spacial score (nSPS) is 39.4. The Morgan fingerprint density at radius 3 is 2.44 bits per heavy atom. The van der Waals surface area contributed by atoms with E-state index >= 15 is 0 Å². The first-order chi connectivity index (χ1) is 7.51. The molecule has 0 radical (unpaired) electrons. The van der Waals surface area contributed by atoms with E-state index in [1.807, 2.05) is 0 Å². The highest BCUT2D eigenvalue weighted by atomic mass is 31.0. The van der Waals surface area contributed by atoms with Crippen molar-refractivity contribution in [2.45, 2.75) is 30.6 Å². The molecule has 1 saturated heterocycles. The van der Waals surface area contributed by atoms with E-state index in [-0.39, 0.29) is 6.16 Å². The fraction of sp³-hybridized carbons (Fsp3) is 0.875. The molecule has 1 aliphatic rings. The molecule has 1 amide bonds. The van der Waals surface area contributed by atoms with Crippen molar-refractivity contribution in [3.8, 4) is 0 Å². The van der Waals surface area contributed by atoms with Gasteiger partial charge in [0.2, 0.25) is 5.91 Å². The number of nitrogens with one attached hydrogen (secondary N) is 1. The fourth-order valence-corrected chi connectivity index (χ4v) is 1.62. The molecule has 0 saturated carbocycles. The minimum absolute atomic E-state index is 0.107. The fourth-order valence-electron chi connectivity index (χ4n) is 1.50. The average Bonchev–Trinajstić information content (AvgIpc) is 2.28. The van der Waals surface area contributed by atoms with Crippen molar-refractivity contribution >= 4 is 15.1 Å². The zero-order valence-corrected chi connectivity index (χ0v) is 9.64. The second-order valence-electron chi connectivity index (χ2n) is 3.53. The molecule has 94 valence electrons. The number of hydrogen-bond acceptors (Lipinski definition) is 6. The summed E-state index contributed by atoms with van der Waals surface area (Å²) in [5.41, 5.74) is 0. The third-order valence-corrected chi connectivity index (χ3v) is 2.78. The van der Waals surface area contributed by atoms with Crippen molar-refractivity contribution in [1.82, 2.24) is 5.32 Å². The van der Waals surface area contributed by atoms with Crippen LogP contribution in [0.2, 0.25) is 0 Å². The molecule has 1 heterocycles. The van der Waals surface area contributed by atoms with Gasteiger partial charge in [-0.25, -0.2) is 0 Å². The maximum absolute atomic E-state index is 11.1. The van der Waals surface area contributed by atoms with Crippen molar-refractivity contribution in [3.05, 3.63) is 0 Å². The largest absolute Gasteiger partial charge is 0.394 e. The summed E-state index contributed by atoms with van der Waals surface area (Å²) in [7, 11) is 2.19. The number of carbonyl (C=O) groups is 1. The van der Waals surface area contributed by atoms with Crippen LogP contribution in [-0.2, 0) is 9.53 Å². The predicted octanol–water partition coefficient (Wildman–Crippen LogP) is -3.22. The Hall–Kier alpha value is -0.300. The van der Waals surface area contributed by atoms with E-state index in [9.17, 15) is 20.1 Å². The van der Waals surface area contributed by atoms with E-state index in [0.29, 0.717) is 0 Å². The molecule has 0 aromatic rings. The van der Waals surface area contributed by atoms with Crippen LogP contribution in [-0.4, -0.2) is 69.7 Å². The van der Waals surface area contributed by atoms with Crippen LogP contribution in [0.25, 0.3) is 0 Å². The van der Waals surface area contributed by atoms with Gasteiger partial charge in [0.05, 0.1) is 6.61 Å². The number of aliphatic hydroxyl groups excluding tert-OH is 4. The van der Waals surface area contributed by atoms with Crippen molar-refractivity contribution in [1.29, 1.82) is 0 Å². The highest BCUT2D eigenvalue weighted by molar-refractivity contribution is 7.18. The first kappa shape index (κ1) is 13.8. The lowest BCUT2D eigenvalue weighted by atomic mass is 9.97. The molecule has 1 fully saturated rings. The van der Waals surface area contributed by atoms with Gasteiger partial charge in [0.25, 0.3) is 0 Å². The van der Waals surface area contributed by atoms with Crippen LogP contribution in [0.5, 0.6) is 0 Å². The van der Waals surface area contributed by atoms with E-state index in [0.717, 1.165) is 0 Å². The summed E-state index contributed by atoms with van der Waals surface area (Å²) < 4.78 is 4.85. The van der Waals surface area contributed by atoms with Gasteiger partial charge in [-0.05, 0) is 0 Å². The molecule has 16 heavy (non-hydrogen) atoms. The number of ether oxygens (including phenoxy) is 1. The molecule has 0 aromatic carbocycles. The van der Waals surface area contributed by atoms with Gasteiger partial charge in [0.15, 0.2) is 6.29 Å². The summed E-state index contributed by atoms with van der Waals surface area (Å²) in [6.45, 7) is -0.528. The van der Waals surface area contributed by atoms with Crippen LogP contribution in [0.1, 0.15) is 0 Å². The van der Waals surface area contributed by atoms with E-state index in [1.54, 1.807) is 0 Å². The van der Waals surface area contributed by atoms with E-state index in [2.05, 4.69) is 14.6 Å². The van der Waals surface area contributed by atoms with Gasteiger partial charge in [0.1, 0.15) is 24.4 Å². The first-order valence-electron chi connectivity index (χ1n) is 4.81. The molecule has 1 rings (SSSR count). The number of amides is 1. The lowest BCUT2D eigenvalue weighted by Crippen LogP contribution is -2.64. The SMILES string of the molecule is O=C(CP)NC1C(O)OC(CO)[C@@H](O)C1O. The summed E-state index contributed by atoms with van der Waals surface area (Å²) in [5.74, 6) is -0.411. The number of hydrogen-bond donors (Lipinski definition) is 5. The van der Waals surface area contributed by atoms with Crippen LogP contribution in [0.4, 0.5) is 0 Å². The molecule has 0 bridgehead atoms. The quantitative estimate of drug-likeness (QED) is 0.337. The third-order valence-electron chi connectivity index (χ3n) is 2.41. The summed E-state index contributed by atoms with van der Waals surface area (Å²) in [6.07, 6.45) is -5.16. The second-order valence-corrected chi connectivity index (χ2v) is 3.93. The molecule has 5 unspecified atom stereocenters. The molecule has 7 nitrogen and oxygen atoms in total. The molecular weight excluding hydrogens is 237 g/mol. The van der Waals surface area contributed by atoms with E-state index < -0.39 is 43.2 Å². The smallest absolute Gasteiger partial charge is 0.224 e. The minimum Gasteiger partial charge on any atom is -0.394 e. The number of aliphatic hydroxyl groups is 4. The summed E-state index contributed by atoms with van der Waals surface area (Å²) in [5, 5.41) is 39.7. The summed E-state index contributed by atoms with van der Waals surface area (Å²) in [6, 6.07) is -1.11. The van der Waals surface area contributed by atoms with Crippen LogP contribution in [0, 0.1) is 0 Å². The van der Waals surface area contributed by atoms with Gasteiger partial charge in [-0.1, -0.05) is 0 Å². The molecule has 0 aromatic heterocycles. The molecule has 8 heteroatoms. The highest BCUT2D eigenvalue weighted by Gasteiger charge is 2.44. The van der Waals surface area contributed by atoms with Gasteiger partial charge < -0.3 is 30.5 Å². The van der Waals surface area contributed by atoms with Crippen molar-refractivity contribution in [3.63, 3.8) is 0 Å². The predicted molar refractivity (Wildman–Crippen MR) is 56.5 cm³/mol. The van der Waals surface area contributed by atoms with Gasteiger partial charge in [-0.2, -0.15) is 0 Å². The zero-order valence-electron chi connectivity index (χ0n) is 8.48. The monoisotopic (exact) mass is 253 g/mol. The molecule has 0 aliphatic carbocycles. The van der Waals surface area contributed by atoms with E-state index in [4.69, 9.17) is 9.84 Å². The Kier molecular flexibility index (Phi) is 5.04. The Labute approximate surface area is 94.6 Å². The maximum Gasteiger partial charge on any atom is 0.224 e. The first-order valence-corrected chi connectivity index (χ1v) is 5.62. The Bertz CT molecular complexity index is 253. The van der Waals surface area contributed by atoms with Gasteiger partial charge in [-0.3, -0.25) is 4.79 Å².